The summed E-state index contributed by atoms with van der Waals surface area (Å²) in [7, 11) is 1.68. The van der Waals surface area contributed by atoms with E-state index < -0.39 is 0 Å². The Hall–Kier alpha value is -3.80. The quantitative estimate of drug-likeness (QED) is 0.424. The molecular formula is C28H30N4O2. The maximum absolute atomic E-state index is 13.2. The first-order valence-electron chi connectivity index (χ1n) is 11.9. The van der Waals surface area contributed by atoms with Gasteiger partial charge in [-0.15, -0.1) is 0 Å². The zero-order valence-corrected chi connectivity index (χ0v) is 19.6. The number of carbonyl (C=O) groups is 1. The molecule has 0 N–H and O–H groups in total. The average molecular weight is 455 g/mol. The van der Waals surface area contributed by atoms with E-state index in [9.17, 15) is 4.79 Å². The van der Waals surface area contributed by atoms with Crippen molar-refractivity contribution in [2.45, 2.75) is 19.3 Å². The highest BCUT2D eigenvalue weighted by atomic mass is 16.5. The minimum absolute atomic E-state index is 0.197. The number of fused-ring (bicyclic) bond motifs is 1. The zero-order chi connectivity index (χ0) is 23.3. The SMILES string of the molecule is COc1ccc(N2CCCN(C(=O)CCc3nc4ccccc4n3-c3ccccc3)CC2)cc1. The van der Waals surface area contributed by atoms with E-state index in [1.165, 1.54) is 5.69 Å². The Bertz CT molecular complexity index is 1250. The number of anilines is 1. The number of benzene rings is 3. The van der Waals surface area contributed by atoms with Gasteiger partial charge in [0.15, 0.2) is 0 Å². The lowest BCUT2D eigenvalue weighted by Gasteiger charge is -2.24. The van der Waals surface area contributed by atoms with Crippen molar-refractivity contribution >= 4 is 22.6 Å². The molecule has 0 unspecified atom stereocenters. The molecule has 174 valence electrons. The molecule has 6 heteroatoms. The highest BCUT2D eigenvalue weighted by molar-refractivity contribution is 5.79. The van der Waals surface area contributed by atoms with E-state index >= 15 is 0 Å². The lowest BCUT2D eigenvalue weighted by Crippen LogP contribution is -2.35. The average Bonchev–Trinajstić information content (AvgIpc) is 3.08. The van der Waals surface area contributed by atoms with Crippen LogP contribution < -0.4 is 9.64 Å². The number of imidazole rings is 1. The number of carbonyl (C=O) groups excluding carboxylic acids is 1. The molecular weight excluding hydrogens is 424 g/mol. The standard InChI is InChI=1S/C28H30N4O2/c1-34-24-14-12-22(13-15-24)30-18-7-19-31(21-20-30)28(33)17-16-27-29-25-10-5-6-11-26(25)32(27)23-8-3-2-4-9-23/h2-6,8-15H,7,16-21H2,1H3. The van der Waals surface area contributed by atoms with Crippen LogP contribution >= 0.6 is 0 Å². The van der Waals surface area contributed by atoms with Gasteiger partial charge in [-0.05, 0) is 55.0 Å². The van der Waals surface area contributed by atoms with Crippen LogP contribution in [0.2, 0.25) is 0 Å². The van der Waals surface area contributed by atoms with E-state index in [4.69, 9.17) is 9.72 Å². The van der Waals surface area contributed by atoms with Crippen molar-refractivity contribution in [2.75, 3.05) is 38.2 Å². The minimum atomic E-state index is 0.197. The van der Waals surface area contributed by atoms with Crippen molar-refractivity contribution in [1.82, 2.24) is 14.5 Å². The first kappa shape index (κ1) is 22.0. The third kappa shape index (κ3) is 4.62. The van der Waals surface area contributed by atoms with E-state index in [0.29, 0.717) is 12.8 Å². The predicted molar refractivity (Wildman–Crippen MR) is 136 cm³/mol. The van der Waals surface area contributed by atoms with Crippen LogP contribution in [0.5, 0.6) is 5.75 Å². The molecule has 0 aliphatic carbocycles. The Kier molecular flexibility index (Phi) is 6.47. The highest BCUT2D eigenvalue weighted by Crippen LogP contribution is 2.23. The molecule has 1 saturated heterocycles. The van der Waals surface area contributed by atoms with E-state index in [1.807, 2.05) is 53.4 Å². The summed E-state index contributed by atoms with van der Waals surface area (Å²) in [5.74, 6) is 1.98. The molecule has 6 nitrogen and oxygen atoms in total. The van der Waals surface area contributed by atoms with Gasteiger partial charge in [-0.1, -0.05) is 30.3 Å². The summed E-state index contributed by atoms with van der Waals surface area (Å²) in [6.07, 6.45) is 2.03. The molecule has 0 saturated carbocycles. The van der Waals surface area contributed by atoms with Crippen LogP contribution in [0.15, 0.2) is 78.9 Å². The fraction of sp³-hybridized carbons (Fsp3) is 0.286. The number of hydrogen-bond donors (Lipinski definition) is 0. The Morgan fingerprint density at radius 2 is 1.62 bits per heavy atom. The van der Waals surface area contributed by atoms with Crippen LogP contribution in [0, 0.1) is 0 Å². The summed E-state index contributed by atoms with van der Waals surface area (Å²) in [4.78, 5) is 22.4. The largest absolute Gasteiger partial charge is 0.497 e. The molecule has 1 amide bonds. The van der Waals surface area contributed by atoms with E-state index in [0.717, 1.165) is 60.9 Å². The van der Waals surface area contributed by atoms with Crippen molar-refractivity contribution in [2.24, 2.45) is 0 Å². The number of amides is 1. The fourth-order valence-corrected chi connectivity index (χ4v) is 4.70. The van der Waals surface area contributed by atoms with Crippen LogP contribution in [0.3, 0.4) is 0 Å². The van der Waals surface area contributed by atoms with Crippen LogP contribution in [0.1, 0.15) is 18.7 Å². The van der Waals surface area contributed by atoms with Gasteiger partial charge in [-0.25, -0.2) is 4.98 Å². The van der Waals surface area contributed by atoms with Crippen molar-refractivity contribution in [1.29, 1.82) is 0 Å². The number of aromatic nitrogens is 2. The third-order valence-corrected chi connectivity index (χ3v) is 6.49. The van der Waals surface area contributed by atoms with Gasteiger partial charge in [0.2, 0.25) is 5.91 Å². The van der Waals surface area contributed by atoms with Crippen molar-refractivity contribution in [3.63, 3.8) is 0 Å². The molecule has 4 aromatic rings. The molecule has 5 rings (SSSR count). The molecule has 1 aliphatic heterocycles. The summed E-state index contributed by atoms with van der Waals surface area (Å²) >= 11 is 0. The zero-order valence-electron chi connectivity index (χ0n) is 19.6. The van der Waals surface area contributed by atoms with Gasteiger partial charge in [-0.2, -0.15) is 0 Å². The predicted octanol–water partition coefficient (Wildman–Crippen LogP) is 4.71. The number of para-hydroxylation sites is 3. The van der Waals surface area contributed by atoms with Crippen molar-refractivity contribution < 1.29 is 9.53 Å². The third-order valence-electron chi connectivity index (χ3n) is 6.49. The Labute approximate surface area is 200 Å². The normalized spacial score (nSPS) is 14.3. The Morgan fingerprint density at radius 1 is 0.853 bits per heavy atom. The molecule has 2 heterocycles. The van der Waals surface area contributed by atoms with Gasteiger partial charge in [-0.3, -0.25) is 9.36 Å². The van der Waals surface area contributed by atoms with Gasteiger partial charge in [0.25, 0.3) is 0 Å². The second-order valence-corrected chi connectivity index (χ2v) is 8.61. The number of hydrogen-bond acceptors (Lipinski definition) is 4. The number of nitrogens with zero attached hydrogens (tertiary/aromatic N) is 4. The summed E-state index contributed by atoms with van der Waals surface area (Å²) in [6.45, 7) is 3.31. The summed E-state index contributed by atoms with van der Waals surface area (Å²) in [5.41, 5.74) is 4.27. The summed E-state index contributed by atoms with van der Waals surface area (Å²) in [5, 5.41) is 0. The van der Waals surface area contributed by atoms with E-state index in [2.05, 4.69) is 39.8 Å². The first-order valence-corrected chi connectivity index (χ1v) is 11.9. The molecule has 34 heavy (non-hydrogen) atoms. The summed E-state index contributed by atoms with van der Waals surface area (Å²) < 4.78 is 7.45. The van der Waals surface area contributed by atoms with Crippen molar-refractivity contribution in [3.8, 4) is 11.4 Å². The van der Waals surface area contributed by atoms with Gasteiger partial charge in [0, 0.05) is 50.4 Å². The van der Waals surface area contributed by atoms with Crippen LogP contribution in [0.4, 0.5) is 5.69 Å². The Morgan fingerprint density at radius 3 is 2.41 bits per heavy atom. The van der Waals surface area contributed by atoms with E-state index in [1.54, 1.807) is 7.11 Å². The fourth-order valence-electron chi connectivity index (χ4n) is 4.70. The topological polar surface area (TPSA) is 50.6 Å². The van der Waals surface area contributed by atoms with Gasteiger partial charge < -0.3 is 14.5 Å². The van der Waals surface area contributed by atoms with Gasteiger partial charge in [0.05, 0.1) is 18.1 Å². The number of aryl methyl sites for hydroxylation is 1. The van der Waals surface area contributed by atoms with Crippen LogP contribution in [-0.2, 0) is 11.2 Å². The van der Waals surface area contributed by atoms with Crippen LogP contribution in [0.25, 0.3) is 16.7 Å². The minimum Gasteiger partial charge on any atom is -0.497 e. The Balaban J connectivity index is 1.26. The number of rotatable bonds is 6. The second kappa shape index (κ2) is 10.00. The molecule has 1 fully saturated rings. The smallest absolute Gasteiger partial charge is 0.223 e. The van der Waals surface area contributed by atoms with Crippen LogP contribution in [-0.4, -0.2) is 53.6 Å². The summed E-state index contributed by atoms with van der Waals surface area (Å²) in [6, 6.07) is 26.6. The van der Waals surface area contributed by atoms with E-state index in [-0.39, 0.29) is 5.91 Å². The highest BCUT2D eigenvalue weighted by Gasteiger charge is 2.21. The van der Waals surface area contributed by atoms with Crippen molar-refractivity contribution in [3.05, 3.63) is 84.7 Å². The molecule has 0 radical (unpaired) electrons. The second-order valence-electron chi connectivity index (χ2n) is 8.61. The molecule has 1 aromatic heterocycles. The van der Waals surface area contributed by atoms with Gasteiger partial charge in [0.1, 0.15) is 11.6 Å². The lowest BCUT2D eigenvalue weighted by atomic mass is 10.2. The molecule has 3 aromatic carbocycles. The first-order chi connectivity index (χ1) is 16.7. The lowest BCUT2D eigenvalue weighted by molar-refractivity contribution is -0.130. The molecule has 0 bridgehead atoms. The van der Waals surface area contributed by atoms with Gasteiger partial charge >= 0.3 is 0 Å². The molecule has 1 aliphatic rings. The number of ether oxygens (including phenoxy) is 1. The molecule has 0 atom stereocenters. The monoisotopic (exact) mass is 454 g/mol. The maximum Gasteiger partial charge on any atom is 0.223 e. The number of methoxy groups -OCH3 is 1. The molecule has 0 spiro atoms. The maximum atomic E-state index is 13.2.